The van der Waals surface area contributed by atoms with Crippen LogP contribution in [0.2, 0.25) is 0 Å². The predicted molar refractivity (Wildman–Crippen MR) is 84.5 cm³/mol. The van der Waals surface area contributed by atoms with Gasteiger partial charge < -0.3 is 0 Å². The summed E-state index contributed by atoms with van der Waals surface area (Å²) >= 11 is 0. The van der Waals surface area contributed by atoms with E-state index in [0.29, 0.717) is 18.0 Å². The van der Waals surface area contributed by atoms with E-state index in [0.717, 1.165) is 18.4 Å². The zero-order valence-electron chi connectivity index (χ0n) is 12.6. The van der Waals surface area contributed by atoms with Gasteiger partial charge in [-0.25, -0.2) is 8.42 Å². The smallest absolute Gasteiger partial charge is 0.207 e. The van der Waals surface area contributed by atoms with Crippen LogP contribution in [0.25, 0.3) is 0 Å². The van der Waals surface area contributed by atoms with Crippen LogP contribution in [0.1, 0.15) is 25.3 Å². The maximum absolute atomic E-state index is 12.8. The van der Waals surface area contributed by atoms with E-state index in [4.69, 9.17) is 0 Å². The average Bonchev–Trinajstić information content (AvgIpc) is 2.98. The highest BCUT2D eigenvalue weighted by Gasteiger charge is 2.47. The highest BCUT2D eigenvalue weighted by atomic mass is 32.2. The van der Waals surface area contributed by atoms with Gasteiger partial charge in [-0.2, -0.15) is 4.31 Å². The van der Waals surface area contributed by atoms with Crippen molar-refractivity contribution >= 4 is 10.0 Å². The molecule has 1 fully saturated rings. The van der Waals surface area contributed by atoms with E-state index < -0.39 is 10.0 Å². The molecule has 0 N–H and O–H groups in total. The lowest BCUT2D eigenvalue weighted by Gasteiger charge is -2.22. The molecule has 1 heterocycles. The molecule has 1 aliphatic heterocycles. The molecular formula is C17H21NO2S. The summed E-state index contributed by atoms with van der Waals surface area (Å²) in [4.78, 5) is 0.380. The minimum Gasteiger partial charge on any atom is -0.207 e. The lowest BCUT2D eigenvalue weighted by molar-refractivity contribution is 0.399. The van der Waals surface area contributed by atoms with Gasteiger partial charge in [-0.05, 0) is 44.4 Å². The summed E-state index contributed by atoms with van der Waals surface area (Å²) in [5, 5.41) is 0. The molecule has 1 aromatic carbocycles. The summed E-state index contributed by atoms with van der Waals surface area (Å²) in [6.45, 7) is 9.06. The van der Waals surface area contributed by atoms with Crippen molar-refractivity contribution in [3.63, 3.8) is 0 Å². The van der Waals surface area contributed by atoms with E-state index >= 15 is 0 Å². The third-order valence-corrected chi connectivity index (χ3v) is 6.71. The Morgan fingerprint density at radius 3 is 2.48 bits per heavy atom. The zero-order chi connectivity index (χ0) is 15.3. The highest BCUT2D eigenvalue weighted by molar-refractivity contribution is 7.89. The Hall–Kier alpha value is -1.39. The van der Waals surface area contributed by atoms with Gasteiger partial charge in [0.25, 0.3) is 0 Å². The Bertz CT molecular complexity index is 716. The number of aryl methyl sites for hydroxylation is 1. The molecule has 21 heavy (non-hydrogen) atoms. The van der Waals surface area contributed by atoms with Crippen LogP contribution in [0.3, 0.4) is 0 Å². The topological polar surface area (TPSA) is 37.4 Å². The van der Waals surface area contributed by atoms with Gasteiger partial charge in [-0.1, -0.05) is 29.3 Å². The molecule has 0 radical (unpaired) electrons. The third kappa shape index (κ3) is 2.17. The van der Waals surface area contributed by atoms with Gasteiger partial charge >= 0.3 is 0 Å². The van der Waals surface area contributed by atoms with Crippen molar-refractivity contribution < 1.29 is 8.42 Å². The number of hydrogen-bond acceptors (Lipinski definition) is 2. The summed E-state index contributed by atoms with van der Waals surface area (Å²) in [5.74, 6) is 0. The summed E-state index contributed by atoms with van der Waals surface area (Å²) in [5.41, 5.74) is 3.51. The van der Waals surface area contributed by atoms with Gasteiger partial charge in [0, 0.05) is 18.5 Å². The fraction of sp³-hybridized carbons (Fsp3) is 0.412. The van der Waals surface area contributed by atoms with Crippen LogP contribution < -0.4 is 0 Å². The molecule has 0 spiro atoms. The van der Waals surface area contributed by atoms with E-state index in [1.54, 1.807) is 16.4 Å². The SMILES string of the molecule is C=CC12CCC(C)=C1CN(S(=O)(=O)c1ccc(C)cc1)C2. The van der Waals surface area contributed by atoms with Crippen LogP contribution >= 0.6 is 0 Å². The Kier molecular flexibility index (Phi) is 3.34. The van der Waals surface area contributed by atoms with Crippen molar-refractivity contribution in [3.05, 3.63) is 53.6 Å². The van der Waals surface area contributed by atoms with Gasteiger partial charge in [0.1, 0.15) is 0 Å². The molecule has 0 amide bonds. The number of hydrogen-bond donors (Lipinski definition) is 0. The largest absolute Gasteiger partial charge is 0.243 e. The molecular weight excluding hydrogens is 282 g/mol. The van der Waals surface area contributed by atoms with E-state index in [9.17, 15) is 8.42 Å². The Morgan fingerprint density at radius 1 is 1.24 bits per heavy atom. The van der Waals surface area contributed by atoms with Gasteiger partial charge in [0.15, 0.2) is 0 Å². The normalized spacial score (nSPS) is 26.2. The maximum Gasteiger partial charge on any atom is 0.243 e. The average molecular weight is 303 g/mol. The van der Waals surface area contributed by atoms with Crippen molar-refractivity contribution in [1.82, 2.24) is 4.31 Å². The Morgan fingerprint density at radius 2 is 1.90 bits per heavy atom. The molecule has 112 valence electrons. The first-order valence-electron chi connectivity index (χ1n) is 7.28. The Labute approximate surface area is 127 Å². The monoisotopic (exact) mass is 303 g/mol. The summed E-state index contributed by atoms with van der Waals surface area (Å²) in [7, 11) is -3.42. The molecule has 3 nitrogen and oxygen atoms in total. The number of sulfonamides is 1. The summed E-state index contributed by atoms with van der Waals surface area (Å²) in [6.07, 6.45) is 3.99. The fourth-order valence-corrected chi connectivity index (χ4v) is 4.95. The van der Waals surface area contributed by atoms with Crippen LogP contribution in [0.4, 0.5) is 0 Å². The second kappa shape index (κ2) is 4.82. The molecule has 1 atom stereocenters. The fourth-order valence-electron chi connectivity index (χ4n) is 3.47. The van der Waals surface area contributed by atoms with Gasteiger partial charge in [-0.3, -0.25) is 0 Å². The quantitative estimate of drug-likeness (QED) is 0.804. The second-order valence-electron chi connectivity index (χ2n) is 6.21. The second-order valence-corrected chi connectivity index (χ2v) is 8.14. The number of fused-ring (bicyclic) bond motifs is 1. The minimum absolute atomic E-state index is 0.137. The minimum atomic E-state index is -3.42. The highest BCUT2D eigenvalue weighted by Crippen LogP contribution is 2.49. The summed E-state index contributed by atoms with van der Waals surface area (Å²) < 4.78 is 27.2. The standard InChI is InChI=1S/C17H21NO2S/c1-4-17-10-9-14(3)16(17)11-18(12-17)21(19,20)15-7-5-13(2)6-8-15/h4-8H,1,9-12H2,2-3H3. The number of nitrogens with zero attached hydrogens (tertiary/aromatic N) is 1. The van der Waals surface area contributed by atoms with Crippen molar-refractivity contribution in [2.24, 2.45) is 5.41 Å². The molecule has 1 aliphatic carbocycles. The third-order valence-electron chi connectivity index (χ3n) is 4.90. The van der Waals surface area contributed by atoms with Gasteiger partial charge in [0.2, 0.25) is 10.0 Å². The van der Waals surface area contributed by atoms with Crippen LogP contribution in [0, 0.1) is 12.3 Å². The summed E-state index contributed by atoms with van der Waals surface area (Å²) in [6, 6.07) is 7.08. The van der Waals surface area contributed by atoms with Crippen molar-refractivity contribution in [1.29, 1.82) is 0 Å². The Balaban J connectivity index is 1.98. The zero-order valence-corrected chi connectivity index (χ0v) is 13.4. The van der Waals surface area contributed by atoms with Gasteiger partial charge in [0.05, 0.1) is 4.90 Å². The van der Waals surface area contributed by atoms with Crippen molar-refractivity contribution in [2.75, 3.05) is 13.1 Å². The van der Waals surface area contributed by atoms with Crippen LogP contribution in [0.5, 0.6) is 0 Å². The first-order valence-corrected chi connectivity index (χ1v) is 8.73. The molecule has 3 rings (SSSR count). The van der Waals surface area contributed by atoms with E-state index in [1.807, 2.05) is 25.1 Å². The lowest BCUT2D eigenvalue weighted by Crippen LogP contribution is -2.31. The molecule has 0 saturated carbocycles. The molecule has 4 heteroatoms. The molecule has 1 aromatic rings. The molecule has 0 aromatic heterocycles. The van der Waals surface area contributed by atoms with Gasteiger partial charge in [-0.15, -0.1) is 6.58 Å². The van der Waals surface area contributed by atoms with Crippen LogP contribution in [0.15, 0.2) is 53.0 Å². The predicted octanol–water partition coefficient (Wildman–Crippen LogP) is 3.28. The number of allylic oxidation sites excluding steroid dienone is 1. The van der Waals surface area contributed by atoms with E-state index in [-0.39, 0.29) is 5.41 Å². The number of benzene rings is 1. The van der Waals surface area contributed by atoms with Crippen molar-refractivity contribution in [2.45, 2.75) is 31.6 Å². The molecule has 1 saturated heterocycles. The van der Waals surface area contributed by atoms with E-state index in [2.05, 4.69) is 13.5 Å². The number of rotatable bonds is 3. The van der Waals surface area contributed by atoms with E-state index in [1.165, 1.54) is 11.1 Å². The molecule has 1 unspecified atom stereocenters. The first-order chi connectivity index (χ1) is 9.89. The maximum atomic E-state index is 12.8. The molecule has 0 bridgehead atoms. The molecule has 2 aliphatic rings. The lowest BCUT2D eigenvalue weighted by atomic mass is 9.84. The van der Waals surface area contributed by atoms with Crippen molar-refractivity contribution in [3.8, 4) is 0 Å². The van der Waals surface area contributed by atoms with Crippen LogP contribution in [-0.2, 0) is 10.0 Å². The van der Waals surface area contributed by atoms with Crippen LogP contribution in [-0.4, -0.2) is 25.8 Å². The first kappa shape index (κ1) is 14.5.